The molecule has 2 unspecified atom stereocenters. The maximum absolute atomic E-state index is 13.7. The molecule has 0 aromatic heterocycles. The zero-order valence-electron chi connectivity index (χ0n) is 28.3. The van der Waals surface area contributed by atoms with E-state index in [1.807, 2.05) is 58.0 Å². The Hall–Kier alpha value is -3.96. The summed E-state index contributed by atoms with van der Waals surface area (Å²) < 4.78 is 5.93. The lowest BCUT2D eigenvalue weighted by Crippen LogP contribution is -2.58. The van der Waals surface area contributed by atoms with Crippen molar-refractivity contribution in [2.45, 2.75) is 117 Å². The highest BCUT2D eigenvalue weighted by molar-refractivity contribution is 5.95. The molecule has 5 N–H and O–H groups in total. The number of cyclic esters (lactones) is 1. The molecule has 256 valence electrons. The highest BCUT2D eigenvalue weighted by Gasteiger charge is 2.34. The van der Waals surface area contributed by atoms with Gasteiger partial charge in [0.15, 0.2) is 0 Å². The first-order chi connectivity index (χ1) is 21.7. The smallest absolute Gasteiger partial charge is 0.329 e. The van der Waals surface area contributed by atoms with Crippen molar-refractivity contribution in [2.75, 3.05) is 6.54 Å². The van der Waals surface area contributed by atoms with E-state index in [9.17, 15) is 28.8 Å². The number of benzene rings is 1. The van der Waals surface area contributed by atoms with E-state index in [4.69, 9.17) is 4.74 Å². The van der Waals surface area contributed by atoms with E-state index < -0.39 is 65.8 Å². The highest BCUT2D eigenvalue weighted by atomic mass is 16.5. The Balaban J connectivity index is 2.47. The highest BCUT2D eigenvalue weighted by Crippen LogP contribution is 2.20. The molecule has 12 heteroatoms. The second-order valence-electron chi connectivity index (χ2n) is 13.0. The van der Waals surface area contributed by atoms with Crippen LogP contribution in [0.5, 0.6) is 0 Å². The van der Waals surface area contributed by atoms with Crippen molar-refractivity contribution in [3.05, 3.63) is 35.9 Å². The topological polar surface area (TPSA) is 172 Å². The summed E-state index contributed by atoms with van der Waals surface area (Å²) in [7, 11) is 0. The van der Waals surface area contributed by atoms with Gasteiger partial charge in [0.1, 0.15) is 30.3 Å². The van der Waals surface area contributed by atoms with Crippen LogP contribution < -0.4 is 26.6 Å². The number of hydrogen-bond acceptors (Lipinski definition) is 7. The van der Waals surface area contributed by atoms with Gasteiger partial charge in [0, 0.05) is 6.42 Å². The zero-order chi connectivity index (χ0) is 34.4. The van der Waals surface area contributed by atoms with Crippen molar-refractivity contribution in [2.24, 2.45) is 17.8 Å². The van der Waals surface area contributed by atoms with Crippen LogP contribution in [0.25, 0.3) is 0 Å². The Morgan fingerprint density at radius 2 is 1.46 bits per heavy atom. The van der Waals surface area contributed by atoms with E-state index in [1.165, 1.54) is 6.92 Å². The number of carbonyl (C=O) groups excluding carboxylic acids is 6. The van der Waals surface area contributed by atoms with Crippen LogP contribution in [-0.4, -0.2) is 72.3 Å². The van der Waals surface area contributed by atoms with Crippen LogP contribution in [0.4, 0.5) is 0 Å². The quantitative estimate of drug-likeness (QED) is 0.257. The predicted molar refractivity (Wildman–Crippen MR) is 174 cm³/mol. The van der Waals surface area contributed by atoms with Crippen molar-refractivity contribution in [1.82, 2.24) is 26.6 Å². The van der Waals surface area contributed by atoms with E-state index >= 15 is 0 Å². The molecule has 6 atom stereocenters. The van der Waals surface area contributed by atoms with Crippen LogP contribution in [0.1, 0.15) is 86.1 Å². The number of ether oxygens (including phenoxy) is 1. The molecule has 1 fully saturated rings. The lowest BCUT2D eigenvalue weighted by atomic mass is 9.95. The van der Waals surface area contributed by atoms with E-state index in [0.717, 1.165) is 18.4 Å². The third-order valence-corrected chi connectivity index (χ3v) is 7.99. The first kappa shape index (κ1) is 38.2. The molecule has 0 spiro atoms. The van der Waals surface area contributed by atoms with E-state index in [0.29, 0.717) is 6.42 Å². The zero-order valence-corrected chi connectivity index (χ0v) is 28.3. The van der Waals surface area contributed by atoms with Gasteiger partial charge >= 0.3 is 5.97 Å². The summed E-state index contributed by atoms with van der Waals surface area (Å²) in [5, 5.41) is 13.4. The molecule has 12 nitrogen and oxygen atoms in total. The number of hydrogen-bond donors (Lipinski definition) is 5. The van der Waals surface area contributed by atoms with E-state index in [1.54, 1.807) is 13.8 Å². The van der Waals surface area contributed by atoms with Gasteiger partial charge in [-0.3, -0.25) is 24.0 Å². The number of rotatable bonds is 9. The molecule has 2 rings (SSSR count). The fourth-order valence-electron chi connectivity index (χ4n) is 5.18. The van der Waals surface area contributed by atoms with Gasteiger partial charge < -0.3 is 31.3 Å². The second-order valence-corrected chi connectivity index (χ2v) is 13.0. The van der Waals surface area contributed by atoms with Crippen LogP contribution in [0, 0.1) is 17.8 Å². The first-order valence-corrected chi connectivity index (χ1v) is 16.4. The van der Waals surface area contributed by atoms with Crippen molar-refractivity contribution in [3.8, 4) is 0 Å². The van der Waals surface area contributed by atoms with Crippen molar-refractivity contribution >= 4 is 35.5 Å². The monoisotopic (exact) mass is 643 g/mol. The lowest BCUT2D eigenvalue weighted by molar-refractivity contribution is -0.157. The Bertz CT molecular complexity index is 1190. The molecule has 0 bridgehead atoms. The fourth-order valence-corrected chi connectivity index (χ4v) is 5.18. The molecule has 5 amide bonds. The Morgan fingerprint density at radius 1 is 0.804 bits per heavy atom. The summed E-state index contributed by atoms with van der Waals surface area (Å²) >= 11 is 0. The molecule has 1 saturated heterocycles. The minimum atomic E-state index is -1.11. The normalized spacial score (nSPS) is 25.2. The van der Waals surface area contributed by atoms with Crippen LogP contribution >= 0.6 is 0 Å². The maximum Gasteiger partial charge on any atom is 0.329 e. The Kier molecular flexibility index (Phi) is 15.7. The second kappa shape index (κ2) is 18.9. The van der Waals surface area contributed by atoms with Gasteiger partial charge in [0.25, 0.3) is 0 Å². The summed E-state index contributed by atoms with van der Waals surface area (Å²) in [6, 6.07) is 4.99. The number of unbranched alkanes of at least 4 members (excludes halogenated alkanes) is 1. The van der Waals surface area contributed by atoms with Crippen LogP contribution in [-0.2, 0) is 39.9 Å². The summed E-state index contributed by atoms with van der Waals surface area (Å²) in [5.74, 6) is -4.03. The van der Waals surface area contributed by atoms with Crippen molar-refractivity contribution < 1.29 is 33.5 Å². The van der Waals surface area contributed by atoms with Gasteiger partial charge in [-0.25, -0.2) is 4.79 Å². The largest absolute Gasteiger partial charge is 0.460 e. The SMILES string of the molecule is CCCCC(C)C1CC(=O)NCC(=O)N[C@@H](C(C)C)C(=O)N[C@H](CC(C)C)C(=O)N[C@@H](C)C(=O)N[C@@H](Cc2ccccc2)C(=O)O1. The van der Waals surface area contributed by atoms with E-state index in [-0.39, 0.29) is 43.6 Å². The summed E-state index contributed by atoms with van der Waals surface area (Å²) in [6.45, 7) is 12.3. The average molecular weight is 644 g/mol. The molecule has 0 aliphatic carbocycles. The molecular formula is C34H53N5O7. The van der Waals surface area contributed by atoms with Crippen LogP contribution in [0.15, 0.2) is 30.3 Å². The fraction of sp³-hybridized carbons (Fsp3) is 0.647. The Labute approximate surface area is 272 Å². The molecule has 1 aromatic rings. The van der Waals surface area contributed by atoms with Gasteiger partial charge in [-0.05, 0) is 43.1 Å². The van der Waals surface area contributed by atoms with Gasteiger partial charge in [0.05, 0.1) is 13.0 Å². The molecule has 1 aromatic carbocycles. The molecule has 1 aliphatic heterocycles. The van der Waals surface area contributed by atoms with Crippen LogP contribution in [0.3, 0.4) is 0 Å². The molecule has 0 saturated carbocycles. The summed E-state index contributed by atoms with van der Waals surface area (Å²) in [6.07, 6.45) is 1.87. The summed E-state index contributed by atoms with van der Waals surface area (Å²) in [4.78, 5) is 79.6. The third kappa shape index (κ3) is 12.8. The predicted octanol–water partition coefficient (Wildman–Crippen LogP) is 2.15. The summed E-state index contributed by atoms with van der Waals surface area (Å²) in [5.41, 5.74) is 0.776. The van der Waals surface area contributed by atoms with Crippen molar-refractivity contribution in [1.29, 1.82) is 0 Å². The van der Waals surface area contributed by atoms with Gasteiger partial charge in [-0.15, -0.1) is 0 Å². The standard InChI is InChI=1S/C34H53N5O7/c1-8-9-13-22(6)27-18-28(40)35-19-29(41)39-30(21(4)5)33(44)37-25(16-20(2)3)32(43)36-23(7)31(42)38-26(34(45)46-27)17-24-14-11-10-12-15-24/h10-12,14-15,20-23,25-27,30H,8-9,13,16-19H2,1-7H3,(H,35,40)(H,36,43)(H,37,44)(H,38,42)(H,39,41)/t22?,23-,25+,26-,27?,30-/m0/s1. The lowest BCUT2D eigenvalue weighted by Gasteiger charge is -2.28. The number of carbonyl (C=O) groups is 6. The van der Waals surface area contributed by atoms with Crippen molar-refractivity contribution in [3.63, 3.8) is 0 Å². The van der Waals surface area contributed by atoms with Crippen LogP contribution in [0.2, 0.25) is 0 Å². The molecule has 1 aliphatic rings. The minimum Gasteiger partial charge on any atom is -0.460 e. The average Bonchev–Trinajstić information content (AvgIpc) is 2.99. The van der Waals surface area contributed by atoms with Gasteiger partial charge in [-0.1, -0.05) is 84.7 Å². The molecular weight excluding hydrogens is 590 g/mol. The maximum atomic E-state index is 13.7. The minimum absolute atomic E-state index is 0.0155. The first-order valence-electron chi connectivity index (χ1n) is 16.4. The number of esters is 1. The third-order valence-electron chi connectivity index (χ3n) is 7.99. The number of nitrogens with one attached hydrogen (secondary N) is 5. The Morgan fingerprint density at radius 3 is 2.07 bits per heavy atom. The van der Waals surface area contributed by atoms with Gasteiger partial charge in [0.2, 0.25) is 29.5 Å². The molecule has 46 heavy (non-hydrogen) atoms. The van der Waals surface area contributed by atoms with E-state index in [2.05, 4.69) is 26.6 Å². The molecule has 0 radical (unpaired) electrons. The molecule has 1 heterocycles. The van der Waals surface area contributed by atoms with Gasteiger partial charge in [-0.2, -0.15) is 0 Å². The number of amides is 5.